The summed E-state index contributed by atoms with van der Waals surface area (Å²) in [6.07, 6.45) is 0. The molecule has 0 atom stereocenters. The quantitative estimate of drug-likeness (QED) is 0.737. The molecule has 0 fully saturated rings. The third kappa shape index (κ3) is 1.83. The topological polar surface area (TPSA) is 108 Å². The number of hydrogen-bond acceptors (Lipinski definition) is 5. The van der Waals surface area contributed by atoms with Crippen LogP contribution in [0.2, 0.25) is 0 Å². The zero-order chi connectivity index (χ0) is 11.7. The Bertz CT molecular complexity index is 519. The van der Waals surface area contributed by atoms with Crippen LogP contribution in [0.3, 0.4) is 0 Å². The number of halogens is 1. The lowest BCUT2D eigenvalue weighted by molar-refractivity contribution is 1.02. The maximum Gasteiger partial charge on any atom is 0.209 e. The van der Waals surface area contributed by atoms with E-state index in [2.05, 4.69) is 46.6 Å². The molecule has 2 rings (SSSR count). The summed E-state index contributed by atoms with van der Waals surface area (Å²) in [6, 6.07) is 0. The van der Waals surface area contributed by atoms with E-state index < -0.39 is 0 Å². The Balaban J connectivity index is 2.31. The largest absolute Gasteiger partial charge is 0.380 e. The molecule has 4 N–H and O–H groups in total. The highest BCUT2D eigenvalue weighted by Gasteiger charge is 2.08. The van der Waals surface area contributed by atoms with Gasteiger partial charge >= 0.3 is 0 Å². The predicted molar refractivity (Wildman–Crippen MR) is 62.9 cm³/mol. The molecule has 0 saturated carbocycles. The fourth-order valence-electron chi connectivity index (χ4n) is 1.13. The van der Waals surface area contributed by atoms with E-state index >= 15 is 0 Å². The molecule has 2 aromatic rings. The smallest absolute Gasteiger partial charge is 0.209 e. The normalized spacial score (nSPS) is 11.4. The van der Waals surface area contributed by atoms with Crippen LogP contribution in [0.25, 0.3) is 0 Å². The first-order valence-electron chi connectivity index (χ1n) is 4.52. The Morgan fingerprint density at radius 2 is 1.81 bits per heavy atom. The van der Waals surface area contributed by atoms with E-state index in [4.69, 9.17) is 5.73 Å². The number of hydrogen-bond donors (Lipinski definition) is 3. The van der Waals surface area contributed by atoms with Crippen LogP contribution in [0.4, 0.5) is 17.3 Å². The second-order valence-corrected chi connectivity index (χ2v) is 4.06. The van der Waals surface area contributed by atoms with Gasteiger partial charge in [0.2, 0.25) is 5.82 Å². The molecule has 0 amide bonds. The fraction of sp³-hybridized carbons (Fsp3) is 0.250. The van der Waals surface area contributed by atoms with Crippen molar-refractivity contribution in [2.45, 2.75) is 13.8 Å². The van der Waals surface area contributed by atoms with Gasteiger partial charge in [0.15, 0.2) is 11.5 Å². The van der Waals surface area contributed by atoms with Gasteiger partial charge in [0.1, 0.15) is 0 Å². The Kier molecular flexibility index (Phi) is 2.73. The summed E-state index contributed by atoms with van der Waals surface area (Å²) >= 11 is 3.35. The Morgan fingerprint density at radius 3 is 2.31 bits per heavy atom. The van der Waals surface area contributed by atoms with Crippen LogP contribution in [-0.2, 0) is 0 Å². The Morgan fingerprint density at radius 1 is 1.12 bits per heavy atom. The van der Waals surface area contributed by atoms with Gasteiger partial charge in [0, 0.05) is 5.69 Å². The molecule has 0 aliphatic carbocycles. The van der Waals surface area contributed by atoms with Gasteiger partial charge in [0.25, 0.3) is 0 Å². The molecule has 8 heteroatoms. The SMILES string of the molecule is Cc1[nH]nc(N=Nc2c(N)n[nH]c2C)c1Br. The van der Waals surface area contributed by atoms with Gasteiger partial charge in [-0.05, 0) is 29.8 Å². The van der Waals surface area contributed by atoms with E-state index in [1.165, 1.54) is 0 Å². The first-order valence-corrected chi connectivity index (χ1v) is 5.31. The van der Waals surface area contributed by atoms with E-state index in [1.54, 1.807) is 0 Å². The van der Waals surface area contributed by atoms with Crippen LogP contribution in [0.5, 0.6) is 0 Å². The molecule has 16 heavy (non-hydrogen) atoms. The molecule has 2 heterocycles. The van der Waals surface area contributed by atoms with Crippen molar-refractivity contribution in [1.82, 2.24) is 20.4 Å². The number of nitrogen functional groups attached to an aromatic ring is 1. The number of azo groups is 1. The second-order valence-electron chi connectivity index (χ2n) is 3.27. The van der Waals surface area contributed by atoms with Gasteiger partial charge in [0.05, 0.1) is 10.2 Å². The molecule has 7 nitrogen and oxygen atoms in total. The maximum atomic E-state index is 5.61. The maximum absolute atomic E-state index is 5.61. The van der Waals surface area contributed by atoms with Gasteiger partial charge in [-0.3, -0.25) is 10.2 Å². The standard InChI is InChI=1S/C8H10BrN7/c1-3-5(9)8(15-11-3)16-13-6-4(2)12-14-7(6)10/h1-2H3,(H,11,15)(H3,10,12,14). The van der Waals surface area contributed by atoms with Gasteiger partial charge in [-0.1, -0.05) is 0 Å². The molecular formula is C8H10BrN7. The molecule has 0 bridgehead atoms. The average Bonchev–Trinajstić information content (AvgIpc) is 2.73. The summed E-state index contributed by atoms with van der Waals surface area (Å²) in [7, 11) is 0. The molecule has 0 spiro atoms. The predicted octanol–water partition coefficient (Wildman–Crippen LogP) is 2.51. The van der Waals surface area contributed by atoms with Crippen molar-refractivity contribution < 1.29 is 0 Å². The number of anilines is 1. The summed E-state index contributed by atoms with van der Waals surface area (Å²) in [5, 5.41) is 21.3. The van der Waals surface area contributed by atoms with Crippen molar-refractivity contribution >= 4 is 33.3 Å². The minimum atomic E-state index is 0.324. The van der Waals surface area contributed by atoms with E-state index in [9.17, 15) is 0 Å². The number of aromatic amines is 2. The zero-order valence-corrected chi connectivity index (χ0v) is 10.3. The minimum Gasteiger partial charge on any atom is -0.380 e. The molecule has 0 aliphatic heterocycles. The fourth-order valence-corrected chi connectivity index (χ4v) is 1.39. The van der Waals surface area contributed by atoms with Crippen LogP contribution >= 0.6 is 15.9 Å². The Hall–Kier alpha value is -1.70. The minimum absolute atomic E-state index is 0.324. The summed E-state index contributed by atoms with van der Waals surface area (Å²) < 4.78 is 0.788. The molecule has 0 saturated heterocycles. The lowest BCUT2D eigenvalue weighted by Crippen LogP contribution is -1.83. The highest BCUT2D eigenvalue weighted by molar-refractivity contribution is 9.10. The first-order chi connectivity index (χ1) is 7.59. The average molecular weight is 284 g/mol. The molecule has 84 valence electrons. The third-order valence-electron chi connectivity index (χ3n) is 2.04. The van der Waals surface area contributed by atoms with E-state index in [-0.39, 0.29) is 0 Å². The third-order valence-corrected chi connectivity index (χ3v) is 2.99. The van der Waals surface area contributed by atoms with E-state index in [0.717, 1.165) is 15.9 Å². The zero-order valence-electron chi connectivity index (χ0n) is 8.74. The summed E-state index contributed by atoms with van der Waals surface area (Å²) in [4.78, 5) is 0. The monoisotopic (exact) mass is 283 g/mol. The van der Waals surface area contributed by atoms with E-state index in [0.29, 0.717) is 17.3 Å². The summed E-state index contributed by atoms with van der Waals surface area (Å²) in [5.74, 6) is 0.808. The molecule has 0 aromatic carbocycles. The molecule has 2 aromatic heterocycles. The van der Waals surface area contributed by atoms with Gasteiger partial charge in [-0.15, -0.1) is 10.2 Å². The van der Waals surface area contributed by atoms with Crippen molar-refractivity contribution in [2.75, 3.05) is 5.73 Å². The lowest BCUT2D eigenvalue weighted by atomic mass is 10.4. The number of aryl methyl sites for hydroxylation is 2. The van der Waals surface area contributed by atoms with Gasteiger partial charge in [-0.2, -0.15) is 10.2 Å². The van der Waals surface area contributed by atoms with Crippen molar-refractivity contribution in [2.24, 2.45) is 10.2 Å². The van der Waals surface area contributed by atoms with Crippen LogP contribution in [0.15, 0.2) is 14.7 Å². The number of nitrogens with zero attached hydrogens (tertiary/aromatic N) is 4. The molecule has 0 radical (unpaired) electrons. The van der Waals surface area contributed by atoms with Crippen molar-refractivity contribution in [3.63, 3.8) is 0 Å². The number of H-pyrrole nitrogens is 2. The highest BCUT2D eigenvalue weighted by atomic mass is 79.9. The number of rotatable bonds is 2. The van der Waals surface area contributed by atoms with Crippen molar-refractivity contribution in [3.8, 4) is 0 Å². The molecule has 0 unspecified atom stereocenters. The molecule has 0 aliphatic rings. The summed E-state index contributed by atoms with van der Waals surface area (Å²) in [6.45, 7) is 3.70. The second kappa shape index (κ2) is 4.05. The highest BCUT2D eigenvalue weighted by Crippen LogP contribution is 2.29. The van der Waals surface area contributed by atoms with Crippen LogP contribution < -0.4 is 5.73 Å². The van der Waals surface area contributed by atoms with Gasteiger partial charge in [-0.25, -0.2) is 0 Å². The van der Waals surface area contributed by atoms with Gasteiger partial charge < -0.3 is 5.73 Å². The van der Waals surface area contributed by atoms with Crippen molar-refractivity contribution in [3.05, 3.63) is 15.9 Å². The Labute approximate surface area is 99.7 Å². The van der Waals surface area contributed by atoms with Crippen LogP contribution in [0, 0.1) is 13.8 Å². The summed E-state index contributed by atoms with van der Waals surface area (Å²) in [5.41, 5.74) is 7.81. The van der Waals surface area contributed by atoms with E-state index in [1.807, 2.05) is 13.8 Å². The first kappa shape index (κ1) is 10.8. The lowest BCUT2D eigenvalue weighted by Gasteiger charge is -1.89. The van der Waals surface area contributed by atoms with Crippen LogP contribution in [-0.4, -0.2) is 20.4 Å². The van der Waals surface area contributed by atoms with Crippen molar-refractivity contribution in [1.29, 1.82) is 0 Å². The van der Waals surface area contributed by atoms with Crippen LogP contribution in [0.1, 0.15) is 11.4 Å². The number of nitrogens with two attached hydrogens (primary N) is 1. The number of aromatic nitrogens is 4. The number of nitrogens with one attached hydrogen (secondary N) is 2. The molecular weight excluding hydrogens is 274 g/mol.